The highest BCUT2D eigenvalue weighted by Crippen LogP contribution is 2.20. The Kier molecular flexibility index (Phi) is 5.15. The van der Waals surface area contributed by atoms with Crippen molar-refractivity contribution in [1.29, 1.82) is 5.26 Å². The van der Waals surface area contributed by atoms with Crippen molar-refractivity contribution in [2.75, 3.05) is 5.32 Å². The van der Waals surface area contributed by atoms with E-state index in [-0.39, 0.29) is 11.4 Å². The Morgan fingerprint density at radius 2 is 2.21 bits per heavy atom. The number of nitriles is 1. The molecule has 1 rings (SSSR count). The van der Waals surface area contributed by atoms with Gasteiger partial charge in [0.15, 0.2) is 0 Å². The molecule has 19 heavy (non-hydrogen) atoms. The molecule has 0 unspecified atom stereocenters. The lowest BCUT2D eigenvalue weighted by Crippen LogP contribution is -2.42. The summed E-state index contributed by atoms with van der Waals surface area (Å²) >= 11 is 5.81. The monoisotopic (exact) mass is 281 g/mol. The van der Waals surface area contributed by atoms with E-state index in [9.17, 15) is 9.59 Å². The largest absolute Gasteiger partial charge is 0.480 e. The van der Waals surface area contributed by atoms with Crippen LogP contribution in [0.15, 0.2) is 18.2 Å². The van der Waals surface area contributed by atoms with Crippen molar-refractivity contribution in [3.05, 3.63) is 28.8 Å². The maximum Gasteiger partial charge on any atom is 0.326 e. The van der Waals surface area contributed by atoms with Crippen LogP contribution in [-0.4, -0.2) is 23.1 Å². The summed E-state index contributed by atoms with van der Waals surface area (Å²) in [5, 5.41) is 22.5. The molecule has 0 spiro atoms. The van der Waals surface area contributed by atoms with Gasteiger partial charge in [0.2, 0.25) is 0 Å². The number of carboxylic acids is 1. The molecule has 0 radical (unpaired) electrons. The highest BCUT2D eigenvalue weighted by molar-refractivity contribution is 6.32. The molecule has 0 saturated heterocycles. The van der Waals surface area contributed by atoms with Crippen LogP contribution in [0.2, 0.25) is 5.02 Å². The molecule has 0 aromatic heterocycles. The van der Waals surface area contributed by atoms with Crippen molar-refractivity contribution in [3.8, 4) is 6.07 Å². The molecular weight excluding hydrogens is 270 g/mol. The van der Waals surface area contributed by atoms with Gasteiger partial charge in [-0.2, -0.15) is 5.26 Å². The molecule has 6 nitrogen and oxygen atoms in total. The lowest BCUT2D eigenvalue weighted by Gasteiger charge is -2.13. The Morgan fingerprint density at radius 3 is 2.68 bits per heavy atom. The molecule has 1 aromatic rings. The molecule has 0 bridgehead atoms. The first-order chi connectivity index (χ1) is 8.97. The second-order valence-corrected chi connectivity index (χ2v) is 4.11. The Labute approximate surface area is 115 Å². The number of hydrogen-bond donors (Lipinski definition) is 3. The minimum atomic E-state index is -1.10. The average Bonchev–Trinajstić information content (AvgIpc) is 2.35. The third-order valence-corrected chi connectivity index (χ3v) is 2.67. The van der Waals surface area contributed by atoms with Gasteiger partial charge in [-0.1, -0.05) is 18.5 Å². The Bertz CT molecular complexity index is 540. The number of aliphatic carboxylic acids is 1. The predicted octanol–water partition coefficient (Wildman–Crippen LogP) is 2.20. The summed E-state index contributed by atoms with van der Waals surface area (Å²) in [7, 11) is 0. The number of amides is 2. The standard InChI is InChI=1S/C12H12ClN3O3/c1-2-10(11(17)18)16-12(19)15-8-4-3-7(6-14)9(13)5-8/h3-5,10H,2H2,1H3,(H,17,18)(H2,15,16,19)/t10-/m1/s1. The minimum absolute atomic E-state index is 0.213. The van der Waals surface area contributed by atoms with Gasteiger partial charge in [0.25, 0.3) is 0 Å². The summed E-state index contributed by atoms with van der Waals surface area (Å²) in [4.78, 5) is 22.3. The molecule has 1 aromatic carbocycles. The van der Waals surface area contributed by atoms with Gasteiger partial charge in [-0.3, -0.25) is 0 Å². The molecule has 3 N–H and O–H groups in total. The molecule has 0 fully saturated rings. The fourth-order valence-electron chi connectivity index (χ4n) is 1.35. The molecule has 0 aliphatic rings. The van der Waals surface area contributed by atoms with E-state index in [1.165, 1.54) is 18.2 Å². The zero-order valence-corrected chi connectivity index (χ0v) is 10.9. The summed E-state index contributed by atoms with van der Waals surface area (Å²) in [5.41, 5.74) is 0.673. The molecular formula is C12H12ClN3O3. The van der Waals surface area contributed by atoms with Crippen molar-refractivity contribution in [3.63, 3.8) is 0 Å². The van der Waals surface area contributed by atoms with Crippen LogP contribution in [0, 0.1) is 11.3 Å². The SMILES string of the molecule is CC[C@@H](NC(=O)Nc1ccc(C#N)c(Cl)c1)C(=O)O. The molecule has 0 heterocycles. The fraction of sp³-hybridized carbons (Fsp3) is 0.250. The van der Waals surface area contributed by atoms with Gasteiger partial charge in [-0.15, -0.1) is 0 Å². The van der Waals surface area contributed by atoms with Crippen LogP contribution in [0.5, 0.6) is 0 Å². The van der Waals surface area contributed by atoms with E-state index >= 15 is 0 Å². The number of benzene rings is 1. The third-order valence-electron chi connectivity index (χ3n) is 2.36. The van der Waals surface area contributed by atoms with Crippen LogP contribution < -0.4 is 10.6 Å². The molecule has 7 heteroatoms. The Balaban J connectivity index is 2.70. The van der Waals surface area contributed by atoms with Crippen LogP contribution in [0.25, 0.3) is 0 Å². The highest BCUT2D eigenvalue weighted by atomic mass is 35.5. The van der Waals surface area contributed by atoms with E-state index in [1.807, 2.05) is 6.07 Å². The van der Waals surface area contributed by atoms with Gasteiger partial charge >= 0.3 is 12.0 Å². The minimum Gasteiger partial charge on any atom is -0.480 e. The number of carboxylic acid groups (broad SMARTS) is 1. The molecule has 0 aliphatic carbocycles. The van der Waals surface area contributed by atoms with Gasteiger partial charge in [0.1, 0.15) is 12.1 Å². The zero-order chi connectivity index (χ0) is 14.4. The van der Waals surface area contributed by atoms with E-state index in [4.69, 9.17) is 22.0 Å². The van der Waals surface area contributed by atoms with Crippen molar-refractivity contribution in [2.45, 2.75) is 19.4 Å². The maximum atomic E-state index is 11.6. The first kappa shape index (κ1) is 14.8. The van der Waals surface area contributed by atoms with Crippen LogP contribution >= 0.6 is 11.6 Å². The van der Waals surface area contributed by atoms with E-state index in [1.54, 1.807) is 6.92 Å². The second kappa shape index (κ2) is 6.61. The van der Waals surface area contributed by atoms with E-state index in [0.29, 0.717) is 11.3 Å². The molecule has 100 valence electrons. The lowest BCUT2D eigenvalue weighted by molar-refractivity contribution is -0.139. The normalized spacial score (nSPS) is 11.2. The van der Waals surface area contributed by atoms with Crippen molar-refractivity contribution in [2.24, 2.45) is 0 Å². The molecule has 2 amide bonds. The molecule has 1 atom stereocenters. The number of rotatable bonds is 4. The number of halogens is 1. The number of nitrogens with zero attached hydrogens (tertiary/aromatic N) is 1. The summed E-state index contributed by atoms with van der Waals surface area (Å²) in [6, 6.07) is 4.69. The molecule has 0 saturated carbocycles. The topological polar surface area (TPSA) is 102 Å². The average molecular weight is 282 g/mol. The number of carbonyl (C=O) groups is 2. The summed E-state index contributed by atoms with van der Waals surface area (Å²) < 4.78 is 0. The van der Waals surface area contributed by atoms with Crippen molar-refractivity contribution < 1.29 is 14.7 Å². The summed E-state index contributed by atoms with van der Waals surface area (Å²) in [5.74, 6) is -1.10. The number of carbonyl (C=O) groups excluding carboxylic acids is 1. The number of urea groups is 1. The summed E-state index contributed by atoms with van der Waals surface area (Å²) in [6.07, 6.45) is 0.275. The van der Waals surface area contributed by atoms with E-state index < -0.39 is 18.0 Å². The number of anilines is 1. The zero-order valence-electron chi connectivity index (χ0n) is 10.1. The quantitative estimate of drug-likeness (QED) is 0.787. The van der Waals surface area contributed by atoms with Gasteiger partial charge in [-0.25, -0.2) is 9.59 Å². The second-order valence-electron chi connectivity index (χ2n) is 3.70. The van der Waals surface area contributed by atoms with Gasteiger partial charge in [-0.05, 0) is 24.6 Å². The first-order valence-electron chi connectivity index (χ1n) is 5.48. The summed E-state index contributed by atoms with van der Waals surface area (Å²) in [6.45, 7) is 1.65. The molecule has 0 aliphatic heterocycles. The van der Waals surface area contributed by atoms with Crippen molar-refractivity contribution in [1.82, 2.24) is 5.32 Å². The lowest BCUT2D eigenvalue weighted by atomic mass is 10.2. The third kappa shape index (κ3) is 4.16. The van der Waals surface area contributed by atoms with Crippen LogP contribution in [0.4, 0.5) is 10.5 Å². The van der Waals surface area contributed by atoms with Gasteiger partial charge in [0, 0.05) is 5.69 Å². The first-order valence-corrected chi connectivity index (χ1v) is 5.85. The van der Waals surface area contributed by atoms with E-state index in [2.05, 4.69) is 10.6 Å². The Hall–Kier alpha value is -2.26. The fourth-order valence-corrected chi connectivity index (χ4v) is 1.57. The van der Waals surface area contributed by atoms with Crippen LogP contribution in [0.1, 0.15) is 18.9 Å². The Morgan fingerprint density at radius 1 is 1.53 bits per heavy atom. The highest BCUT2D eigenvalue weighted by Gasteiger charge is 2.17. The van der Waals surface area contributed by atoms with Gasteiger partial charge < -0.3 is 15.7 Å². The predicted molar refractivity (Wildman–Crippen MR) is 70.0 cm³/mol. The maximum absolute atomic E-state index is 11.6. The smallest absolute Gasteiger partial charge is 0.326 e. The van der Waals surface area contributed by atoms with E-state index in [0.717, 1.165) is 0 Å². The van der Waals surface area contributed by atoms with Gasteiger partial charge in [0.05, 0.1) is 10.6 Å². The van der Waals surface area contributed by atoms with Crippen LogP contribution in [0.3, 0.4) is 0 Å². The number of hydrogen-bond acceptors (Lipinski definition) is 3. The van der Waals surface area contributed by atoms with Crippen molar-refractivity contribution >= 4 is 29.3 Å². The van der Waals surface area contributed by atoms with Crippen LogP contribution in [-0.2, 0) is 4.79 Å². The number of nitrogens with one attached hydrogen (secondary N) is 2.